The molecule has 0 unspecified atom stereocenters. The van der Waals surface area contributed by atoms with Gasteiger partial charge in [0.15, 0.2) is 0 Å². The van der Waals surface area contributed by atoms with Crippen molar-refractivity contribution in [3.8, 4) is 78.6 Å². The van der Waals surface area contributed by atoms with Gasteiger partial charge in [0.1, 0.15) is 11.6 Å². The lowest BCUT2D eigenvalue weighted by Crippen LogP contribution is -2.10. The summed E-state index contributed by atoms with van der Waals surface area (Å²) in [6, 6.07) is 33.7. The number of phenols is 1. The number of benzene rings is 7. The minimum Gasteiger partial charge on any atom is -0.507 e. The van der Waals surface area contributed by atoms with Gasteiger partial charge in [-0.15, -0.1) is 0 Å². The summed E-state index contributed by atoms with van der Waals surface area (Å²) in [5.41, 5.74) is 2.11. The van der Waals surface area contributed by atoms with E-state index < -0.39 is 91.0 Å². The molecular weight excluding hydrogens is 791 g/mol. The summed E-state index contributed by atoms with van der Waals surface area (Å²) in [6.45, 7) is 0.0212. The van der Waals surface area contributed by atoms with Crippen LogP contribution in [-0.4, -0.2) is 19.6 Å². The molecule has 2 heterocycles. The Labute approximate surface area is 409 Å². The van der Waals surface area contributed by atoms with E-state index in [1.807, 2.05) is 148 Å². The van der Waals surface area contributed by atoms with E-state index in [1.54, 1.807) is 12.1 Å². The molecule has 7 aromatic carbocycles. The molecule has 0 aliphatic rings. The molecule has 4 nitrogen and oxygen atoms in total. The number of para-hydroxylation sites is 1. The fourth-order valence-corrected chi connectivity index (χ4v) is 8.15. The number of hydrogen-bond donors (Lipinski definition) is 1. The first-order valence-corrected chi connectivity index (χ1v) is 21.6. The van der Waals surface area contributed by atoms with Crippen LogP contribution in [0.4, 0.5) is 0 Å². The quantitative estimate of drug-likeness (QED) is 0.149. The van der Waals surface area contributed by atoms with Crippen molar-refractivity contribution >= 4 is 11.0 Å². The van der Waals surface area contributed by atoms with Gasteiger partial charge in [-0.2, -0.15) is 0 Å². The summed E-state index contributed by atoms with van der Waals surface area (Å²) in [5.74, 6) is -0.585. The molecule has 0 aliphatic carbocycles. The van der Waals surface area contributed by atoms with Gasteiger partial charge in [0.2, 0.25) is 0 Å². The molecule has 0 saturated carbocycles. The summed E-state index contributed by atoms with van der Waals surface area (Å²) in [5, 5.41) is 12.4. The lowest BCUT2D eigenvalue weighted by atomic mass is 9.86. The van der Waals surface area contributed by atoms with Crippen LogP contribution in [0.25, 0.3) is 83.9 Å². The van der Waals surface area contributed by atoms with Crippen LogP contribution in [0.3, 0.4) is 0 Å². The fourth-order valence-electron chi connectivity index (χ4n) is 8.15. The van der Waals surface area contributed by atoms with Gasteiger partial charge in [-0.05, 0) is 139 Å². The molecular formula is C61H59N3O. The van der Waals surface area contributed by atoms with Gasteiger partial charge >= 0.3 is 0 Å². The average Bonchev–Trinajstić information content (AvgIpc) is 1.57. The minimum absolute atomic E-state index is 0.0579. The number of aromatic nitrogens is 3. The van der Waals surface area contributed by atoms with Gasteiger partial charge in [0.25, 0.3) is 0 Å². The SMILES string of the molecule is [2H]c1nc(-c2cc(-c3ccccc3)cc(-c3cccc4c3nc(-c3cc(C(C)C)cc(C(C)C)c3O)n4-c3cc(-c4ccccc4)cc(C([2H])(C)C)c3)c2)c([2H])c(-c2c([2H])c([2H])c(C(C([2H])([2H])[2H])(C([2H])([2H])[2H])C([2H])([2H])[2H])c([2H])c2[2H])c1[2H]. The molecule has 324 valence electrons. The maximum absolute atomic E-state index is 12.4. The highest BCUT2D eigenvalue weighted by molar-refractivity contribution is 5.98. The third-order valence-corrected chi connectivity index (χ3v) is 11.7. The van der Waals surface area contributed by atoms with Crippen molar-refractivity contribution in [3.63, 3.8) is 0 Å². The van der Waals surface area contributed by atoms with Gasteiger partial charge in [0, 0.05) is 36.7 Å². The summed E-state index contributed by atoms with van der Waals surface area (Å²) >= 11 is 0. The molecule has 9 rings (SSSR count). The van der Waals surface area contributed by atoms with Crippen molar-refractivity contribution in [2.45, 2.75) is 85.2 Å². The molecule has 0 aliphatic heterocycles. The molecule has 2 aromatic heterocycles. The zero-order valence-electron chi connectivity index (χ0n) is 54.1. The highest BCUT2D eigenvalue weighted by Gasteiger charge is 2.25. The number of hydrogen-bond acceptors (Lipinski definition) is 3. The topological polar surface area (TPSA) is 50.9 Å². The van der Waals surface area contributed by atoms with E-state index in [2.05, 4.69) is 18.8 Å². The summed E-state index contributed by atoms with van der Waals surface area (Å²) in [6.07, 6.45) is -0.752. The molecule has 65 heavy (non-hydrogen) atoms. The highest BCUT2D eigenvalue weighted by atomic mass is 16.3. The first-order valence-electron chi connectivity index (χ1n) is 30.1. The van der Waals surface area contributed by atoms with Crippen molar-refractivity contribution < 1.29 is 28.4 Å². The smallest absolute Gasteiger partial charge is 0.149 e. The van der Waals surface area contributed by atoms with Crippen LogP contribution >= 0.6 is 0 Å². The number of fused-ring (bicyclic) bond motifs is 1. The van der Waals surface area contributed by atoms with E-state index >= 15 is 0 Å². The highest BCUT2D eigenvalue weighted by Crippen LogP contribution is 2.44. The summed E-state index contributed by atoms with van der Waals surface area (Å²) < 4.78 is 150. The Morgan fingerprint density at radius 3 is 1.89 bits per heavy atom. The fraction of sp³-hybridized carbons (Fsp3) is 0.213. The molecule has 0 atom stereocenters. The Balaban J connectivity index is 1.36. The zero-order valence-corrected chi connectivity index (χ0v) is 37.1. The predicted octanol–water partition coefficient (Wildman–Crippen LogP) is 16.8. The number of rotatable bonds is 10. The van der Waals surface area contributed by atoms with Crippen LogP contribution in [0.2, 0.25) is 0 Å². The second kappa shape index (κ2) is 17.5. The van der Waals surface area contributed by atoms with Crippen LogP contribution in [0.15, 0.2) is 170 Å². The maximum atomic E-state index is 12.4. The normalized spacial score (nSPS) is 16.5. The Hall–Kier alpha value is -7.04. The first kappa shape index (κ1) is 27.3. The average molecular weight is 867 g/mol. The van der Waals surface area contributed by atoms with Gasteiger partial charge in [-0.3, -0.25) is 9.55 Å². The number of imidazole rings is 1. The zero-order chi connectivity index (χ0) is 60.1. The Morgan fingerprint density at radius 1 is 0.585 bits per heavy atom. The van der Waals surface area contributed by atoms with Crippen molar-refractivity contribution in [1.82, 2.24) is 14.5 Å². The number of phenolic OH excluding ortho intramolecular Hbond substituents is 1. The van der Waals surface area contributed by atoms with E-state index in [0.29, 0.717) is 44.8 Å². The maximum Gasteiger partial charge on any atom is 0.149 e. The Bertz CT molecular complexity index is 3900. The number of pyridine rings is 1. The van der Waals surface area contributed by atoms with E-state index in [4.69, 9.17) is 22.8 Å². The van der Waals surface area contributed by atoms with Crippen molar-refractivity contribution in [1.29, 1.82) is 0 Å². The summed E-state index contributed by atoms with van der Waals surface area (Å²) in [4.78, 5) is 9.89. The van der Waals surface area contributed by atoms with E-state index in [1.165, 1.54) is 0 Å². The number of aromatic hydroxyl groups is 1. The molecule has 0 fully saturated rings. The van der Waals surface area contributed by atoms with Crippen molar-refractivity contribution in [3.05, 3.63) is 192 Å². The third-order valence-electron chi connectivity index (χ3n) is 11.7. The van der Waals surface area contributed by atoms with Crippen LogP contribution in [0, 0.1) is 0 Å². The Morgan fingerprint density at radius 2 is 1.25 bits per heavy atom. The number of nitrogens with zero attached hydrogens (tertiary/aromatic N) is 3. The van der Waals surface area contributed by atoms with Gasteiger partial charge in [-0.1, -0.05) is 171 Å². The molecule has 0 radical (unpaired) electrons. The third kappa shape index (κ3) is 8.66. The van der Waals surface area contributed by atoms with Crippen LogP contribution in [0.5, 0.6) is 5.75 Å². The summed E-state index contributed by atoms with van der Waals surface area (Å²) in [7, 11) is 0. The molecule has 0 saturated heterocycles. The second-order valence-electron chi connectivity index (χ2n) is 17.3. The molecule has 0 amide bonds. The molecule has 0 spiro atoms. The monoisotopic (exact) mass is 867 g/mol. The van der Waals surface area contributed by atoms with Crippen molar-refractivity contribution in [2.24, 2.45) is 0 Å². The van der Waals surface area contributed by atoms with Gasteiger partial charge in [0.05, 0.1) is 31.9 Å². The molecule has 4 heteroatoms. The van der Waals surface area contributed by atoms with Gasteiger partial charge in [-0.25, -0.2) is 4.98 Å². The van der Waals surface area contributed by atoms with E-state index in [9.17, 15) is 10.6 Å². The van der Waals surface area contributed by atoms with Crippen molar-refractivity contribution in [2.75, 3.05) is 0 Å². The largest absolute Gasteiger partial charge is 0.507 e. The molecule has 9 aromatic rings. The predicted molar refractivity (Wildman–Crippen MR) is 274 cm³/mol. The van der Waals surface area contributed by atoms with Crippen LogP contribution in [0.1, 0.15) is 125 Å². The lowest BCUT2D eigenvalue weighted by molar-refractivity contribution is 0.466. The standard InChI is InChI=1S/C61H59N3O/c1-38(2)45-29-48(42-19-14-11-15-20-42)34-52(33-45)64-57-22-16-21-53(58(57)63-60(64)55-36-46(39(3)4)35-54(40(5)6)59(55)65)49-30-47(41-17-12-10-13-18-41)31-50(32-49)56-37-44(27-28-62-56)43-23-25-51(26-24-43)61(7,8)9/h10-40,65H,1-9H3/i7D3,8D3,9D3,23D,24D,25D,26D,27D,28D,37D,38D. The second-order valence-corrected chi connectivity index (χ2v) is 17.3. The van der Waals surface area contributed by atoms with Crippen LogP contribution < -0.4 is 0 Å². The molecule has 0 bridgehead atoms. The van der Waals surface area contributed by atoms with E-state index in [0.717, 1.165) is 33.4 Å². The van der Waals surface area contributed by atoms with E-state index in [-0.39, 0.29) is 28.8 Å². The van der Waals surface area contributed by atoms with Crippen LogP contribution in [-0.2, 0) is 5.41 Å². The first-order chi connectivity index (χ1) is 38.2. The molecule has 1 N–H and O–H groups in total. The lowest BCUT2D eigenvalue weighted by Gasteiger charge is -2.19. The minimum atomic E-state index is -3.94. The Kier molecular flexibility index (Phi) is 7.36. The van der Waals surface area contributed by atoms with Gasteiger partial charge < -0.3 is 5.11 Å².